The van der Waals surface area contributed by atoms with Crippen molar-refractivity contribution in [2.45, 2.75) is 40.0 Å². The summed E-state index contributed by atoms with van der Waals surface area (Å²) in [4.78, 5) is 4.88. The van der Waals surface area contributed by atoms with Gasteiger partial charge in [-0.25, -0.2) is 9.50 Å². The van der Waals surface area contributed by atoms with Gasteiger partial charge in [-0.3, -0.25) is 0 Å². The van der Waals surface area contributed by atoms with E-state index in [1.807, 2.05) is 47.0 Å². The second-order valence-electron chi connectivity index (χ2n) is 8.73. The van der Waals surface area contributed by atoms with Gasteiger partial charge in [-0.05, 0) is 49.5 Å². The van der Waals surface area contributed by atoms with E-state index in [1.54, 1.807) is 7.11 Å². The van der Waals surface area contributed by atoms with Crippen LogP contribution in [0.25, 0.3) is 33.6 Å². The van der Waals surface area contributed by atoms with Gasteiger partial charge in [0.15, 0.2) is 5.65 Å². The Morgan fingerprint density at radius 2 is 1.75 bits per heavy atom. The molecule has 0 N–H and O–H groups in total. The smallest absolute Gasteiger partial charge is 0.165 e. The molecule has 0 amide bonds. The zero-order valence-corrected chi connectivity index (χ0v) is 22.1. The van der Waals surface area contributed by atoms with Gasteiger partial charge in [0.2, 0.25) is 0 Å². The fraction of sp³-hybridized carbons (Fsp3) is 0.226. The van der Waals surface area contributed by atoms with Crippen molar-refractivity contribution < 1.29 is 4.74 Å². The van der Waals surface area contributed by atoms with Gasteiger partial charge in [0, 0.05) is 11.1 Å². The highest BCUT2D eigenvalue weighted by molar-refractivity contribution is 6.32. The molecule has 0 unspecified atom stereocenters. The Hall–Kier alpha value is -3.63. The summed E-state index contributed by atoms with van der Waals surface area (Å²) in [6, 6.07) is 18.1. The van der Waals surface area contributed by atoms with E-state index in [-0.39, 0.29) is 0 Å². The van der Waals surface area contributed by atoms with Gasteiger partial charge in [0.1, 0.15) is 16.6 Å². The van der Waals surface area contributed by atoms with Crippen LogP contribution in [0.5, 0.6) is 5.75 Å². The van der Waals surface area contributed by atoms with Crippen LogP contribution in [0.1, 0.15) is 44.9 Å². The van der Waals surface area contributed by atoms with Crippen LogP contribution in [-0.2, 0) is 6.42 Å². The number of allylic oxidation sites excluding steroid dienone is 5. The molecule has 0 fully saturated rings. The third kappa shape index (κ3) is 5.14. The molecule has 0 aliphatic rings. The van der Waals surface area contributed by atoms with Gasteiger partial charge in [0.05, 0.1) is 18.4 Å². The van der Waals surface area contributed by atoms with Crippen molar-refractivity contribution in [3.8, 4) is 28.1 Å². The summed E-state index contributed by atoms with van der Waals surface area (Å²) < 4.78 is 7.27. The second kappa shape index (κ2) is 11.4. The van der Waals surface area contributed by atoms with Gasteiger partial charge in [-0.1, -0.05) is 98.3 Å². The highest BCUT2D eigenvalue weighted by Crippen LogP contribution is 2.37. The van der Waals surface area contributed by atoms with Crippen LogP contribution in [0.4, 0.5) is 0 Å². The molecule has 0 atom stereocenters. The maximum Gasteiger partial charge on any atom is 0.165 e. The molecular formula is C31H32ClN3O. The molecule has 36 heavy (non-hydrogen) atoms. The lowest BCUT2D eigenvalue weighted by Crippen LogP contribution is -2.04. The first-order chi connectivity index (χ1) is 17.5. The zero-order valence-electron chi connectivity index (χ0n) is 21.4. The average Bonchev–Trinajstić information content (AvgIpc) is 3.27. The Bertz CT molecular complexity index is 1430. The van der Waals surface area contributed by atoms with Crippen molar-refractivity contribution in [3.05, 3.63) is 101 Å². The predicted octanol–water partition coefficient (Wildman–Crippen LogP) is 8.60. The molecular weight excluding hydrogens is 466 g/mol. The van der Waals surface area contributed by atoms with Crippen molar-refractivity contribution in [1.82, 2.24) is 14.6 Å². The molecule has 0 aliphatic carbocycles. The minimum absolute atomic E-state index is 0.449. The number of methoxy groups -OCH3 is 1. The largest absolute Gasteiger partial charge is 0.497 e. The Morgan fingerprint density at radius 3 is 2.39 bits per heavy atom. The van der Waals surface area contributed by atoms with E-state index < -0.39 is 0 Å². The van der Waals surface area contributed by atoms with Crippen molar-refractivity contribution in [1.29, 1.82) is 0 Å². The maximum atomic E-state index is 6.88. The minimum atomic E-state index is 0.449. The van der Waals surface area contributed by atoms with Crippen LogP contribution in [0.3, 0.4) is 0 Å². The van der Waals surface area contributed by atoms with Crippen LogP contribution in [0.15, 0.2) is 85.0 Å². The molecule has 0 radical (unpaired) electrons. The molecule has 2 heterocycles. The van der Waals surface area contributed by atoms with E-state index in [1.165, 1.54) is 5.57 Å². The first-order valence-corrected chi connectivity index (χ1v) is 12.7. The molecule has 0 aliphatic heterocycles. The quantitative estimate of drug-likeness (QED) is 0.132. The number of nitrogens with zero attached hydrogens (tertiary/aromatic N) is 3. The second-order valence-corrected chi connectivity index (χ2v) is 9.09. The number of hydrogen-bond donors (Lipinski definition) is 0. The molecule has 2 aromatic heterocycles. The number of aromatic nitrogens is 3. The van der Waals surface area contributed by atoms with Crippen LogP contribution in [0, 0.1) is 0 Å². The Balaban J connectivity index is 1.95. The van der Waals surface area contributed by atoms with Gasteiger partial charge >= 0.3 is 0 Å². The van der Waals surface area contributed by atoms with E-state index in [4.69, 9.17) is 26.4 Å². The summed E-state index contributed by atoms with van der Waals surface area (Å²) in [7, 11) is 1.66. The Morgan fingerprint density at radius 1 is 1.03 bits per heavy atom. The summed E-state index contributed by atoms with van der Waals surface area (Å²) in [6.07, 6.45) is 9.14. The van der Waals surface area contributed by atoms with Crippen LogP contribution in [0.2, 0.25) is 5.15 Å². The number of rotatable bonds is 9. The van der Waals surface area contributed by atoms with Crippen LogP contribution < -0.4 is 4.74 Å². The number of ether oxygens (including phenoxy) is 1. The fourth-order valence-electron chi connectivity index (χ4n) is 4.40. The van der Waals surface area contributed by atoms with Gasteiger partial charge < -0.3 is 4.74 Å². The molecule has 184 valence electrons. The summed E-state index contributed by atoms with van der Waals surface area (Å²) in [5.41, 5.74) is 8.42. The lowest BCUT2D eigenvalue weighted by molar-refractivity contribution is 0.415. The minimum Gasteiger partial charge on any atom is -0.497 e. The Kier molecular flexibility index (Phi) is 8.07. The number of hydrogen-bond acceptors (Lipinski definition) is 3. The van der Waals surface area contributed by atoms with E-state index in [9.17, 15) is 0 Å². The number of halogens is 1. The molecule has 0 saturated carbocycles. The van der Waals surface area contributed by atoms with Crippen LogP contribution in [-0.4, -0.2) is 21.7 Å². The van der Waals surface area contributed by atoms with Gasteiger partial charge in [-0.2, -0.15) is 5.10 Å². The SMILES string of the molecule is C=C(/C=C(/C)C/C=C\CC)c1c(-c2ccccc2)nn2c(CC)c(-c3ccc(OC)cc3)c(Cl)nc12. The molecule has 2 aromatic carbocycles. The van der Waals surface area contributed by atoms with E-state index >= 15 is 0 Å². The van der Waals surface area contributed by atoms with Crippen LogP contribution >= 0.6 is 11.6 Å². The van der Waals surface area contributed by atoms with Gasteiger partial charge in [0.25, 0.3) is 0 Å². The maximum absolute atomic E-state index is 6.88. The summed E-state index contributed by atoms with van der Waals surface area (Å²) in [5, 5.41) is 5.53. The third-order valence-electron chi connectivity index (χ3n) is 6.16. The molecule has 0 bridgehead atoms. The van der Waals surface area contributed by atoms with Crippen molar-refractivity contribution in [2.24, 2.45) is 0 Å². The lowest BCUT2D eigenvalue weighted by atomic mass is 9.99. The van der Waals surface area contributed by atoms with E-state index in [0.29, 0.717) is 10.8 Å². The van der Waals surface area contributed by atoms with Gasteiger partial charge in [-0.15, -0.1) is 0 Å². The first-order valence-electron chi connectivity index (χ1n) is 12.3. The molecule has 4 nitrogen and oxygen atoms in total. The van der Waals surface area contributed by atoms with E-state index in [0.717, 1.165) is 64.2 Å². The third-order valence-corrected chi connectivity index (χ3v) is 6.43. The zero-order chi connectivity index (χ0) is 25.7. The average molecular weight is 498 g/mol. The van der Waals surface area contributed by atoms with Crippen molar-refractivity contribution in [2.75, 3.05) is 7.11 Å². The molecule has 0 spiro atoms. The summed E-state index contributed by atoms with van der Waals surface area (Å²) in [6.45, 7) is 10.8. The molecule has 4 rings (SSSR count). The highest BCUT2D eigenvalue weighted by Gasteiger charge is 2.23. The standard InChI is InChI=1S/C31H32ClN3O/c1-6-8-10-13-21(3)20-22(4)27-29(24-14-11-9-12-15-24)34-35-26(7-2)28(30(32)33-31(27)35)23-16-18-25(36-5)19-17-23/h8-12,14-20H,4,6-7,13H2,1-3,5H3/b10-8-,21-20-. The van der Waals surface area contributed by atoms with Crippen molar-refractivity contribution in [3.63, 3.8) is 0 Å². The summed E-state index contributed by atoms with van der Waals surface area (Å²) in [5.74, 6) is 0.793. The summed E-state index contributed by atoms with van der Waals surface area (Å²) >= 11 is 6.88. The lowest BCUT2D eigenvalue weighted by Gasteiger charge is -2.13. The fourth-order valence-corrected chi connectivity index (χ4v) is 4.70. The number of aryl methyl sites for hydroxylation is 1. The molecule has 0 saturated heterocycles. The van der Waals surface area contributed by atoms with Crippen molar-refractivity contribution >= 4 is 22.8 Å². The first kappa shape index (κ1) is 25.5. The highest BCUT2D eigenvalue weighted by atomic mass is 35.5. The Labute approximate surface area is 218 Å². The monoisotopic (exact) mass is 497 g/mol. The topological polar surface area (TPSA) is 39.4 Å². The number of fused-ring (bicyclic) bond motifs is 1. The molecule has 4 aromatic rings. The normalized spacial score (nSPS) is 12.0. The number of benzene rings is 2. The van der Waals surface area contributed by atoms with E-state index in [2.05, 4.69) is 57.7 Å². The predicted molar refractivity (Wildman–Crippen MR) is 152 cm³/mol. The molecule has 5 heteroatoms.